The van der Waals surface area contributed by atoms with E-state index in [1.54, 1.807) is 0 Å². The molecule has 0 saturated heterocycles. The van der Waals surface area contributed by atoms with Crippen LogP contribution in [0.3, 0.4) is 0 Å². The van der Waals surface area contributed by atoms with Crippen LogP contribution in [0.1, 0.15) is 0 Å². The quantitative estimate of drug-likeness (QED) is 0.304. The Morgan fingerprint density at radius 3 is 0.750 bits per heavy atom. The third-order valence-corrected chi connectivity index (χ3v) is 0. The molecule has 26 valence electrons. The van der Waals surface area contributed by atoms with Crippen LogP contribution in [0.15, 0.2) is 0 Å². The molecule has 0 nitrogen and oxygen atoms in total. The Balaban J connectivity index is 0. The van der Waals surface area contributed by atoms with Crippen LogP contribution in [0, 0.1) is 0 Å². The van der Waals surface area contributed by atoms with Crippen LogP contribution in [-0.2, 0) is 16.5 Å². The van der Waals surface area contributed by atoms with Crippen LogP contribution in [0.5, 0.6) is 0 Å². The van der Waals surface area contributed by atoms with Gasteiger partial charge in [-0.1, -0.05) is 0 Å². The second-order valence-electron chi connectivity index (χ2n) is 0. The molecule has 0 spiro atoms. The zero-order valence-electron chi connectivity index (χ0n) is 1.78. The van der Waals surface area contributed by atoms with Gasteiger partial charge in [-0.2, -0.15) is 0 Å². The Hall–Kier alpha value is 1.84. The fourth-order valence-corrected chi connectivity index (χ4v) is 0. The van der Waals surface area contributed by atoms with Gasteiger partial charge < -0.3 is 24.8 Å². The van der Waals surface area contributed by atoms with E-state index >= 15 is 0 Å². The molecule has 4 heavy (non-hydrogen) atoms. The Morgan fingerprint density at radius 2 is 0.750 bits per heavy atom. The van der Waals surface area contributed by atoms with E-state index in [1.807, 2.05) is 0 Å². The Bertz CT molecular complexity index is 6.00. The molecule has 0 heterocycles. The Kier molecular flexibility index (Phi) is 213. The average molecular weight is 154 g/mol. The zero-order valence-corrected chi connectivity index (χ0v) is 5.69. The van der Waals surface area contributed by atoms with Gasteiger partial charge in [0.05, 0.1) is 0 Å². The fraction of sp³-hybridized carbons (Fsp3) is 0. The standard InChI is InChI=1S/2ClH.Mg.Ni/h2*1H;;/q;;+2;/p-2. The molecule has 0 aliphatic rings. The minimum absolute atomic E-state index is 0. The van der Waals surface area contributed by atoms with E-state index in [2.05, 4.69) is 0 Å². The van der Waals surface area contributed by atoms with Crippen molar-refractivity contribution in [1.29, 1.82) is 0 Å². The second kappa shape index (κ2) is 21.1. The Labute approximate surface area is 64.0 Å². The van der Waals surface area contributed by atoms with Crippen molar-refractivity contribution < 1.29 is 41.3 Å². The largest absolute Gasteiger partial charge is 2.00 e. The number of hydrogen-bond donors (Lipinski definition) is 0. The SMILES string of the molecule is [Cl-].[Cl-].[Mg+2].[Ni]. The maximum atomic E-state index is 0. The summed E-state index contributed by atoms with van der Waals surface area (Å²) in [6, 6.07) is 0. The van der Waals surface area contributed by atoms with Gasteiger partial charge in [-0.15, -0.1) is 0 Å². The summed E-state index contributed by atoms with van der Waals surface area (Å²) >= 11 is 0. The fourth-order valence-electron chi connectivity index (χ4n) is 0. The summed E-state index contributed by atoms with van der Waals surface area (Å²) in [5.41, 5.74) is 0. The second-order valence-corrected chi connectivity index (χ2v) is 0. The monoisotopic (exact) mass is 152 g/mol. The van der Waals surface area contributed by atoms with Gasteiger partial charge >= 0.3 is 23.1 Å². The molecular formula is Cl2MgNi. The zero-order chi connectivity index (χ0) is 0. The normalized spacial score (nSPS) is 0. The minimum Gasteiger partial charge on any atom is -1.00 e. The topological polar surface area (TPSA) is 0 Å². The van der Waals surface area contributed by atoms with Crippen molar-refractivity contribution in [3.8, 4) is 0 Å². The number of hydrogen-bond acceptors (Lipinski definition) is 0. The van der Waals surface area contributed by atoms with Crippen molar-refractivity contribution in [2.75, 3.05) is 0 Å². The summed E-state index contributed by atoms with van der Waals surface area (Å²) in [6.45, 7) is 0. The van der Waals surface area contributed by atoms with Crippen molar-refractivity contribution in [1.82, 2.24) is 0 Å². The van der Waals surface area contributed by atoms with Gasteiger partial charge in [0.25, 0.3) is 0 Å². The van der Waals surface area contributed by atoms with Gasteiger partial charge in [0.15, 0.2) is 0 Å². The molecular weight excluding hydrogens is 154 g/mol. The summed E-state index contributed by atoms with van der Waals surface area (Å²) in [6.07, 6.45) is 0. The number of rotatable bonds is 0. The Morgan fingerprint density at radius 1 is 0.750 bits per heavy atom. The summed E-state index contributed by atoms with van der Waals surface area (Å²) in [5.74, 6) is 0. The van der Waals surface area contributed by atoms with E-state index in [0.717, 1.165) is 0 Å². The third kappa shape index (κ3) is 9.15. The van der Waals surface area contributed by atoms with Crippen LogP contribution < -0.4 is 24.8 Å². The molecule has 0 bridgehead atoms. The molecule has 0 radical (unpaired) electrons. The summed E-state index contributed by atoms with van der Waals surface area (Å²) in [4.78, 5) is 0. The van der Waals surface area contributed by atoms with Crippen LogP contribution in [0.2, 0.25) is 0 Å². The maximum Gasteiger partial charge on any atom is 2.00 e. The van der Waals surface area contributed by atoms with Crippen LogP contribution in [0.25, 0.3) is 0 Å². The summed E-state index contributed by atoms with van der Waals surface area (Å²) in [7, 11) is 0. The van der Waals surface area contributed by atoms with E-state index in [0.29, 0.717) is 0 Å². The molecule has 0 aliphatic carbocycles. The van der Waals surface area contributed by atoms with Crippen molar-refractivity contribution in [2.24, 2.45) is 0 Å². The molecule has 0 unspecified atom stereocenters. The average Bonchev–Trinajstić information content (AvgIpc) is 0. The predicted molar refractivity (Wildman–Crippen MR) is 5.75 cm³/mol. The molecule has 0 atom stereocenters. The molecule has 0 aromatic heterocycles. The first-order valence-corrected chi connectivity index (χ1v) is 0. The van der Waals surface area contributed by atoms with Gasteiger partial charge in [-0.3, -0.25) is 0 Å². The molecule has 0 fully saturated rings. The van der Waals surface area contributed by atoms with Crippen molar-refractivity contribution in [3.63, 3.8) is 0 Å². The first-order chi connectivity index (χ1) is 0. The first kappa shape index (κ1) is 40.4. The van der Waals surface area contributed by atoms with Gasteiger partial charge in [0, 0.05) is 16.5 Å². The van der Waals surface area contributed by atoms with E-state index in [1.165, 1.54) is 0 Å². The van der Waals surface area contributed by atoms with Crippen LogP contribution in [-0.4, -0.2) is 23.1 Å². The van der Waals surface area contributed by atoms with Crippen molar-refractivity contribution in [2.45, 2.75) is 0 Å². The molecule has 0 saturated carbocycles. The molecule has 0 amide bonds. The van der Waals surface area contributed by atoms with Gasteiger partial charge in [0.2, 0.25) is 0 Å². The van der Waals surface area contributed by atoms with E-state index in [9.17, 15) is 0 Å². The maximum absolute atomic E-state index is 0. The van der Waals surface area contributed by atoms with E-state index in [-0.39, 0.29) is 64.4 Å². The molecule has 0 aromatic carbocycles. The molecule has 4 heteroatoms. The molecule has 0 aliphatic heterocycles. The third-order valence-electron chi connectivity index (χ3n) is 0. The van der Waals surface area contributed by atoms with Gasteiger partial charge in [0.1, 0.15) is 0 Å². The van der Waals surface area contributed by atoms with Gasteiger partial charge in [-0.05, 0) is 0 Å². The molecule has 0 rings (SSSR count). The van der Waals surface area contributed by atoms with E-state index < -0.39 is 0 Å². The predicted octanol–water partition coefficient (Wildman–Crippen LogP) is -6.38. The number of halogens is 2. The molecule has 0 N–H and O–H groups in total. The van der Waals surface area contributed by atoms with E-state index in [4.69, 9.17) is 0 Å². The van der Waals surface area contributed by atoms with Crippen molar-refractivity contribution >= 4 is 23.1 Å². The smallest absolute Gasteiger partial charge is 1.00 e. The summed E-state index contributed by atoms with van der Waals surface area (Å²) < 4.78 is 0. The van der Waals surface area contributed by atoms with Crippen LogP contribution in [0.4, 0.5) is 0 Å². The van der Waals surface area contributed by atoms with Crippen LogP contribution >= 0.6 is 0 Å². The summed E-state index contributed by atoms with van der Waals surface area (Å²) in [5, 5.41) is 0. The van der Waals surface area contributed by atoms with Gasteiger partial charge in [-0.25, -0.2) is 0 Å². The molecule has 0 aromatic rings. The minimum atomic E-state index is 0. The first-order valence-electron chi connectivity index (χ1n) is 0. The van der Waals surface area contributed by atoms with Crippen molar-refractivity contribution in [3.05, 3.63) is 0 Å².